The fourth-order valence-electron chi connectivity index (χ4n) is 2.82. The number of hydrogen-bond donors (Lipinski definition) is 2. The molecule has 0 spiro atoms. The molecule has 9 nitrogen and oxygen atoms in total. The maximum Gasteiger partial charge on any atom is 0.249 e. The number of rotatable bonds is 6. The number of nitrogens with one attached hydrogen (secondary N) is 2. The molecule has 0 unspecified atom stereocenters. The second kappa shape index (κ2) is 7.39. The Kier molecular flexibility index (Phi) is 4.63. The molecule has 0 atom stereocenters. The zero-order valence-electron chi connectivity index (χ0n) is 15.2. The zero-order valence-corrected chi connectivity index (χ0v) is 15.2. The van der Waals surface area contributed by atoms with Crippen LogP contribution in [-0.4, -0.2) is 40.5 Å². The minimum Gasteiger partial charge on any atom is -0.497 e. The average molecular weight is 379 g/mol. The number of aromatic amines is 1. The summed E-state index contributed by atoms with van der Waals surface area (Å²) < 4.78 is 15.8. The summed E-state index contributed by atoms with van der Waals surface area (Å²) in [6.07, 6.45) is 0.0484. The van der Waals surface area contributed by atoms with Gasteiger partial charge in [-0.15, -0.1) is 5.10 Å². The van der Waals surface area contributed by atoms with Crippen LogP contribution >= 0.6 is 0 Å². The predicted octanol–water partition coefficient (Wildman–Crippen LogP) is 2.81. The van der Waals surface area contributed by atoms with Crippen LogP contribution < -0.4 is 14.8 Å². The summed E-state index contributed by atoms with van der Waals surface area (Å²) in [5.74, 6) is 1.55. The van der Waals surface area contributed by atoms with Crippen molar-refractivity contribution in [2.24, 2.45) is 0 Å². The molecular formula is C19H17N5O4. The van der Waals surface area contributed by atoms with Gasteiger partial charge < -0.3 is 14.0 Å². The molecule has 0 bridgehead atoms. The lowest BCUT2D eigenvalue weighted by atomic mass is 10.1. The normalized spacial score (nSPS) is 10.8. The Labute approximate surface area is 159 Å². The van der Waals surface area contributed by atoms with E-state index in [1.54, 1.807) is 38.5 Å². The highest BCUT2D eigenvalue weighted by molar-refractivity contribution is 5.93. The molecule has 28 heavy (non-hydrogen) atoms. The maximum atomic E-state index is 12.3. The summed E-state index contributed by atoms with van der Waals surface area (Å²) in [6, 6.07) is 12.7. The molecule has 0 fully saturated rings. The van der Waals surface area contributed by atoms with E-state index >= 15 is 0 Å². The number of methoxy groups -OCH3 is 2. The number of amides is 1. The number of carbonyl (C=O) groups excluding carboxylic acids is 1. The van der Waals surface area contributed by atoms with Crippen LogP contribution in [-0.2, 0) is 11.2 Å². The second-order valence-electron chi connectivity index (χ2n) is 5.92. The van der Waals surface area contributed by atoms with Crippen molar-refractivity contribution in [1.29, 1.82) is 0 Å². The van der Waals surface area contributed by atoms with E-state index in [4.69, 9.17) is 14.0 Å². The molecule has 0 saturated carbocycles. The highest BCUT2D eigenvalue weighted by Gasteiger charge is 2.16. The molecule has 0 radical (unpaired) electrons. The summed E-state index contributed by atoms with van der Waals surface area (Å²) in [7, 11) is 3.13. The molecule has 0 aliphatic rings. The van der Waals surface area contributed by atoms with Crippen molar-refractivity contribution in [2.45, 2.75) is 6.42 Å². The fourth-order valence-corrected chi connectivity index (χ4v) is 2.82. The predicted molar refractivity (Wildman–Crippen MR) is 101 cm³/mol. The third-order valence-corrected chi connectivity index (χ3v) is 4.18. The Balaban J connectivity index is 1.50. The van der Waals surface area contributed by atoms with Gasteiger partial charge >= 0.3 is 0 Å². The van der Waals surface area contributed by atoms with Crippen molar-refractivity contribution in [1.82, 2.24) is 20.3 Å². The monoisotopic (exact) mass is 379 g/mol. The van der Waals surface area contributed by atoms with Crippen molar-refractivity contribution in [3.8, 4) is 22.9 Å². The second-order valence-corrected chi connectivity index (χ2v) is 5.92. The quantitative estimate of drug-likeness (QED) is 0.529. The molecule has 0 aliphatic heterocycles. The third-order valence-electron chi connectivity index (χ3n) is 4.18. The minimum absolute atomic E-state index is 0.0484. The van der Waals surface area contributed by atoms with Gasteiger partial charge in [-0.05, 0) is 24.3 Å². The van der Waals surface area contributed by atoms with Crippen molar-refractivity contribution in [2.75, 3.05) is 19.5 Å². The van der Waals surface area contributed by atoms with Gasteiger partial charge in [0.25, 0.3) is 0 Å². The van der Waals surface area contributed by atoms with Crippen LogP contribution in [0, 0.1) is 0 Å². The Bertz CT molecular complexity index is 1130. The van der Waals surface area contributed by atoms with E-state index in [1.165, 1.54) is 0 Å². The first-order valence-electron chi connectivity index (χ1n) is 8.46. The smallest absolute Gasteiger partial charge is 0.249 e. The number of carbonyl (C=O) groups is 1. The topological polar surface area (TPSA) is 115 Å². The lowest BCUT2D eigenvalue weighted by molar-refractivity contribution is -0.115. The number of fused-ring (bicyclic) bond motifs is 1. The van der Waals surface area contributed by atoms with Crippen molar-refractivity contribution in [3.63, 3.8) is 0 Å². The van der Waals surface area contributed by atoms with E-state index in [2.05, 4.69) is 25.7 Å². The molecule has 2 heterocycles. The summed E-state index contributed by atoms with van der Waals surface area (Å²) in [4.78, 5) is 16.7. The minimum atomic E-state index is -0.300. The molecule has 1 amide bonds. The van der Waals surface area contributed by atoms with Crippen LogP contribution in [0.1, 0.15) is 5.69 Å². The summed E-state index contributed by atoms with van der Waals surface area (Å²) in [5.41, 5.74) is 1.89. The SMILES string of the molecule is COc1ccc(-c2nc(NC(=O)Cc3noc4ccccc34)n[nH]2)c(OC)c1. The van der Waals surface area contributed by atoms with Gasteiger partial charge in [0.15, 0.2) is 11.4 Å². The summed E-state index contributed by atoms with van der Waals surface area (Å²) in [6.45, 7) is 0. The molecule has 4 rings (SSSR count). The lowest BCUT2D eigenvalue weighted by Gasteiger charge is -2.07. The fraction of sp³-hybridized carbons (Fsp3) is 0.158. The molecular weight excluding hydrogens is 362 g/mol. The van der Waals surface area contributed by atoms with Crippen LogP contribution in [0.25, 0.3) is 22.4 Å². The number of hydrogen-bond acceptors (Lipinski definition) is 7. The van der Waals surface area contributed by atoms with Gasteiger partial charge in [-0.25, -0.2) is 0 Å². The van der Waals surface area contributed by atoms with Gasteiger partial charge in [0, 0.05) is 11.5 Å². The van der Waals surface area contributed by atoms with Gasteiger partial charge in [-0.2, -0.15) is 4.98 Å². The number of anilines is 1. The Morgan fingerprint density at radius 1 is 1.18 bits per heavy atom. The Hall–Kier alpha value is -3.88. The molecule has 4 aromatic rings. The lowest BCUT2D eigenvalue weighted by Crippen LogP contribution is -2.15. The van der Waals surface area contributed by atoms with E-state index in [9.17, 15) is 4.79 Å². The van der Waals surface area contributed by atoms with Crippen LogP contribution in [0.5, 0.6) is 11.5 Å². The van der Waals surface area contributed by atoms with Crippen molar-refractivity contribution in [3.05, 3.63) is 48.2 Å². The molecule has 0 saturated heterocycles. The number of benzene rings is 2. The van der Waals surface area contributed by atoms with Crippen LogP contribution in [0.3, 0.4) is 0 Å². The first kappa shape index (κ1) is 17.5. The van der Waals surface area contributed by atoms with Crippen molar-refractivity contribution >= 4 is 22.8 Å². The largest absolute Gasteiger partial charge is 0.497 e. The molecule has 2 aromatic carbocycles. The van der Waals surface area contributed by atoms with Gasteiger partial charge in [0.2, 0.25) is 11.9 Å². The molecule has 2 aromatic heterocycles. The van der Waals surface area contributed by atoms with Gasteiger partial charge in [-0.3, -0.25) is 15.2 Å². The number of para-hydroxylation sites is 1. The van der Waals surface area contributed by atoms with Crippen LogP contribution in [0.15, 0.2) is 47.0 Å². The summed E-state index contributed by atoms with van der Waals surface area (Å²) >= 11 is 0. The van der Waals surface area contributed by atoms with E-state index in [1.807, 2.05) is 18.2 Å². The van der Waals surface area contributed by atoms with E-state index in [-0.39, 0.29) is 18.3 Å². The molecule has 0 aliphatic carbocycles. The van der Waals surface area contributed by atoms with Crippen LogP contribution in [0.4, 0.5) is 5.95 Å². The van der Waals surface area contributed by atoms with E-state index in [0.717, 1.165) is 5.39 Å². The first-order chi connectivity index (χ1) is 13.7. The van der Waals surface area contributed by atoms with Crippen LogP contribution in [0.2, 0.25) is 0 Å². The number of H-pyrrole nitrogens is 1. The van der Waals surface area contributed by atoms with Crippen molar-refractivity contribution < 1.29 is 18.8 Å². The first-order valence-corrected chi connectivity index (χ1v) is 8.46. The molecule has 142 valence electrons. The summed E-state index contributed by atoms with van der Waals surface area (Å²) in [5, 5.41) is 14.3. The third kappa shape index (κ3) is 3.37. The van der Waals surface area contributed by atoms with Gasteiger partial charge in [0.1, 0.15) is 17.2 Å². The Morgan fingerprint density at radius 2 is 2.04 bits per heavy atom. The number of ether oxygens (including phenoxy) is 2. The standard InChI is InChI=1S/C19H17N5O4/c1-26-11-7-8-13(16(9-11)27-2)18-21-19(23-22-18)20-17(25)10-14-12-5-3-4-6-15(12)28-24-14/h3-9H,10H2,1-2H3,(H2,20,21,22,23,25). The number of aromatic nitrogens is 4. The number of nitrogens with zero attached hydrogens (tertiary/aromatic N) is 3. The highest BCUT2D eigenvalue weighted by Crippen LogP contribution is 2.31. The van der Waals surface area contributed by atoms with Gasteiger partial charge in [-0.1, -0.05) is 17.3 Å². The van der Waals surface area contributed by atoms with E-state index in [0.29, 0.717) is 34.2 Å². The van der Waals surface area contributed by atoms with Gasteiger partial charge in [0.05, 0.1) is 26.2 Å². The molecule has 9 heteroatoms. The average Bonchev–Trinajstić information content (AvgIpc) is 3.35. The zero-order chi connectivity index (χ0) is 19.5. The molecule has 2 N–H and O–H groups in total. The Morgan fingerprint density at radius 3 is 2.86 bits per heavy atom. The maximum absolute atomic E-state index is 12.3. The highest BCUT2D eigenvalue weighted by atomic mass is 16.5. The van der Waals surface area contributed by atoms with E-state index < -0.39 is 0 Å².